The maximum absolute atomic E-state index is 12.4. The molecule has 0 fully saturated rings. The Morgan fingerprint density at radius 3 is 2.24 bits per heavy atom. The number of rotatable bonds is 11. The lowest BCUT2D eigenvalue weighted by Crippen LogP contribution is -2.44. The molecular weight excluding hydrogens is 372 g/mol. The van der Waals surface area contributed by atoms with Crippen molar-refractivity contribution in [1.29, 1.82) is 0 Å². The van der Waals surface area contributed by atoms with Gasteiger partial charge < -0.3 is 14.2 Å². The zero-order chi connectivity index (χ0) is 20.9. The molecular formula is C22H28N2O5. The van der Waals surface area contributed by atoms with Gasteiger partial charge in [-0.25, -0.2) is 0 Å². The summed E-state index contributed by atoms with van der Waals surface area (Å²) in [6.45, 7) is 2.43. The van der Waals surface area contributed by atoms with E-state index in [0.717, 1.165) is 25.7 Å². The summed E-state index contributed by atoms with van der Waals surface area (Å²) in [5.41, 5.74) is 5.08. The Morgan fingerprint density at radius 2 is 1.52 bits per heavy atom. The number of methoxy groups -OCH3 is 1. The molecule has 0 aliphatic carbocycles. The highest BCUT2D eigenvalue weighted by atomic mass is 16.5. The molecule has 0 unspecified atom stereocenters. The Kier molecular flexibility index (Phi) is 9.35. The predicted octanol–water partition coefficient (Wildman–Crippen LogP) is 3.49. The van der Waals surface area contributed by atoms with Crippen LogP contribution < -0.4 is 25.1 Å². The van der Waals surface area contributed by atoms with Crippen molar-refractivity contribution in [2.75, 3.05) is 20.3 Å². The molecule has 2 aromatic carbocycles. The van der Waals surface area contributed by atoms with E-state index in [-0.39, 0.29) is 6.61 Å². The minimum atomic E-state index is -0.498. The van der Waals surface area contributed by atoms with E-state index >= 15 is 0 Å². The molecule has 156 valence electrons. The summed E-state index contributed by atoms with van der Waals surface area (Å²) >= 11 is 0. The number of nitrogens with one attached hydrogen (secondary N) is 2. The molecule has 2 N–H and O–H groups in total. The van der Waals surface area contributed by atoms with Crippen molar-refractivity contribution < 1.29 is 23.8 Å². The van der Waals surface area contributed by atoms with Gasteiger partial charge in [-0.15, -0.1) is 0 Å². The van der Waals surface area contributed by atoms with Crippen molar-refractivity contribution >= 4 is 11.8 Å². The number of ether oxygens (including phenoxy) is 3. The van der Waals surface area contributed by atoms with Crippen molar-refractivity contribution in [2.45, 2.75) is 32.6 Å². The van der Waals surface area contributed by atoms with Gasteiger partial charge in [-0.2, -0.15) is 0 Å². The maximum Gasteiger partial charge on any atom is 0.276 e. The monoisotopic (exact) mass is 400 g/mol. The molecule has 0 saturated heterocycles. The fourth-order valence-corrected chi connectivity index (χ4v) is 2.60. The first-order valence-corrected chi connectivity index (χ1v) is 9.72. The van der Waals surface area contributed by atoms with Gasteiger partial charge in [-0.05, 0) is 30.7 Å². The van der Waals surface area contributed by atoms with Crippen LogP contribution >= 0.6 is 0 Å². The lowest BCUT2D eigenvalue weighted by Gasteiger charge is -2.13. The van der Waals surface area contributed by atoms with Crippen molar-refractivity contribution in [3.05, 3.63) is 54.1 Å². The SMILES string of the molecule is CCCCCCOc1ccccc1C(=O)NNC(=O)COc1ccccc1OC. The van der Waals surface area contributed by atoms with E-state index in [1.807, 2.05) is 0 Å². The van der Waals surface area contributed by atoms with Crippen molar-refractivity contribution in [3.63, 3.8) is 0 Å². The number of hydrogen-bond donors (Lipinski definition) is 2. The van der Waals surface area contributed by atoms with E-state index in [1.165, 1.54) is 7.11 Å². The van der Waals surface area contributed by atoms with Gasteiger partial charge in [0.1, 0.15) is 5.75 Å². The maximum atomic E-state index is 12.4. The van der Waals surface area contributed by atoms with Crippen LogP contribution in [0.3, 0.4) is 0 Å². The van der Waals surface area contributed by atoms with E-state index in [2.05, 4.69) is 17.8 Å². The number of para-hydroxylation sites is 3. The van der Waals surface area contributed by atoms with E-state index in [1.54, 1.807) is 48.5 Å². The van der Waals surface area contributed by atoms with Crippen LogP contribution in [0.2, 0.25) is 0 Å². The minimum absolute atomic E-state index is 0.268. The highest BCUT2D eigenvalue weighted by Gasteiger charge is 2.13. The van der Waals surface area contributed by atoms with Gasteiger partial charge in [0, 0.05) is 0 Å². The fourth-order valence-electron chi connectivity index (χ4n) is 2.60. The molecule has 7 heteroatoms. The largest absolute Gasteiger partial charge is 0.493 e. The van der Waals surface area contributed by atoms with E-state index in [0.29, 0.717) is 29.4 Å². The average molecular weight is 400 g/mol. The summed E-state index contributed by atoms with van der Waals surface area (Å²) < 4.78 is 16.3. The first-order valence-electron chi connectivity index (χ1n) is 9.72. The Hall–Kier alpha value is -3.22. The van der Waals surface area contributed by atoms with Crippen LogP contribution in [0.4, 0.5) is 0 Å². The van der Waals surface area contributed by atoms with Gasteiger partial charge in [0.05, 0.1) is 19.3 Å². The van der Waals surface area contributed by atoms with Crippen LogP contribution in [0, 0.1) is 0 Å². The quantitative estimate of drug-likeness (QED) is 0.445. The summed E-state index contributed by atoms with van der Waals surface area (Å²) in [6, 6.07) is 13.9. The lowest BCUT2D eigenvalue weighted by atomic mass is 10.2. The van der Waals surface area contributed by atoms with Gasteiger partial charge in [-0.1, -0.05) is 50.5 Å². The van der Waals surface area contributed by atoms with Crippen LogP contribution in [0.1, 0.15) is 43.0 Å². The third-order valence-corrected chi connectivity index (χ3v) is 4.13. The van der Waals surface area contributed by atoms with Crippen LogP contribution in [0.5, 0.6) is 17.2 Å². The number of benzene rings is 2. The van der Waals surface area contributed by atoms with Gasteiger partial charge in [0.15, 0.2) is 18.1 Å². The molecule has 0 heterocycles. The van der Waals surface area contributed by atoms with Crippen LogP contribution in [-0.2, 0) is 4.79 Å². The van der Waals surface area contributed by atoms with Gasteiger partial charge in [0.2, 0.25) is 0 Å². The number of hydrazine groups is 1. The molecule has 0 bridgehead atoms. The summed E-state index contributed by atoms with van der Waals surface area (Å²) in [4.78, 5) is 24.4. The smallest absolute Gasteiger partial charge is 0.276 e. The van der Waals surface area contributed by atoms with Crippen LogP contribution in [0.15, 0.2) is 48.5 Å². The number of unbranched alkanes of at least 4 members (excludes halogenated alkanes) is 3. The molecule has 0 aliphatic rings. The number of carbonyl (C=O) groups is 2. The Bertz CT molecular complexity index is 794. The second-order valence-corrected chi connectivity index (χ2v) is 6.35. The van der Waals surface area contributed by atoms with E-state index in [4.69, 9.17) is 14.2 Å². The lowest BCUT2D eigenvalue weighted by molar-refractivity contribution is -0.123. The fraction of sp³-hybridized carbons (Fsp3) is 0.364. The van der Waals surface area contributed by atoms with Crippen molar-refractivity contribution in [2.24, 2.45) is 0 Å². The van der Waals surface area contributed by atoms with E-state index < -0.39 is 11.8 Å². The molecule has 2 amide bonds. The second kappa shape index (κ2) is 12.3. The van der Waals surface area contributed by atoms with Gasteiger partial charge in [-0.3, -0.25) is 20.4 Å². The molecule has 0 atom stereocenters. The molecule has 0 saturated carbocycles. The Labute approximate surface area is 171 Å². The number of amides is 2. The molecule has 0 aliphatic heterocycles. The highest BCUT2D eigenvalue weighted by molar-refractivity contribution is 5.97. The third kappa shape index (κ3) is 7.37. The number of carbonyl (C=O) groups excluding carboxylic acids is 2. The summed E-state index contributed by atoms with van der Waals surface area (Å²) in [6.07, 6.45) is 4.34. The normalized spacial score (nSPS) is 10.1. The van der Waals surface area contributed by atoms with Crippen molar-refractivity contribution in [3.8, 4) is 17.2 Å². The molecule has 7 nitrogen and oxygen atoms in total. The van der Waals surface area contributed by atoms with Crippen molar-refractivity contribution in [1.82, 2.24) is 10.9 Å². The number of hydrogen-bond acceptors (Lipinski definition) is 5. The second-order valence-electron chi connectivity index (χ2n) is 6.35. The first kappa shape index (κ1) is 22.1. The third-order valence-electron chi connectivity index (χ3n) is 4.13. The molecule has 0 spiro atoms. The average Bonchev–Trinajstić information content (AvgIpc) is 2.76. The van der Waals surface area contributed by atoms with Gasteiger partial charge in [0.25, 0.3) is 11.8 Å². The first-order chi connectivity index (χ1) is 14.2. The van der Waals surface area contributed by atoms with Crippen LogP contribution in [-0.4, -0.2) is 32.1 Å². The summed E-state index contributed by atoms with van der Waals surface area (Å²) in [7, 11) is 1.52. The highest BCUT2D eigenvalue weighted by Crippen LogP contribution is 2.25. The minimum Gasteiger partial charge on any atom is -0.493 e. The standard InChI is InChI=1S/C22H28N2O5/c1-3-4-5-10-15-28-18-12-7-6-11-17(18)22(26)24-23-21(25)16-29-20-14-9-8-13-19(20)27-2/h6-9,11-14H,3-5,10,15-16H2,1-2H3,(H,23,25)(H,24,26). The molecule has 2 rings (SSSR count). The summed E-state index contributed by atoms with van der Waals surface area (Å²) in [5, 5.41) is 0. The predicted molar refractivity (Wildman–Crippen MR) is 110 cm³/mol. The topological polar surface area (TPSA) is 85.9 Å². The Balaban J connectivity index is 1.81. The van der Waals surface area contributed by atoms with E-state index in [9.17, 15) is 9.59 Å². The zero-order valence-electron chi connectivity index (χ0n) is 16.9. The molecule has 0 aromatic heterocycles. The Morgan fingerprint density at radius 1 is 0.828 bits per heavy atom. The molecule has 2 aromatic rings. The zero-order valence-corrected chi connectivity index (χ0v) is 16.9. The summed E-state index contributed by atoms with van der Waals surface area (Å²) in [5.74, 6) is 0.496. The van der Waals surface area contributed by atoms with Gasteiger partial charge >= 0.3 is 0 Å². The molecule has 0 radical (unpaired) electrons. The molecule has 29 heavy (non-hydrogen) atoms. The van der Waals surface area contributed by atoms with Crippen LogP contribution in [0.25, 0.3) is 0 Å².